The monoisotopic (exact) mass is 366 g/mol. The topological polar surface area (TPSA) is 39.7 Å². The molecule has 0 unspecified atom stereocenters. The molecule has 1 saturated heterocycles. The second kappa shape index (κ2) is 10.4. The average molecular weight is 367 g/mol. The zero-order chi connectivity index (χ0) is 18.1. The van der Waals surface area contributed by atoms with E-state index in [1.807, 2.05) is 6.08 Å². The first-order chi connectivity index (χ1) is 12.1. The first-order valence-corrected chi connectivity index (χ1v) is 9.32. The molecule has 0 spiro atoms. The summed E-state index contributed by atoms with van der Waals surface area (Å²) in [5, 5.41) is 7.28. The predicted molar refractivity (Wildman–Crippen MR) is 104 cm³/mol. The van der Waals surface area contributed by atoms with E-state index in [1.165, 1.54) is 12.1 Å². The smallest absolute Gasteiger partial charge is 0.191 e. The minimum absolute atomic E-state index is 0.310. The Hall–Kier alpha value is -1.59. The maximum absolute atomic E-state index is 13.1. The van der Waals surface area contributed by atoms with Crippen molar-refractivity contribution in [3.05, 3.63) is 47.3 Å². The maximum atomic E-state index is 13.1. The zero-order valence-electron chi connectivity index (χ0n) is 14.9. The summed E-state index contributed by atoms with van der Waals surface area (Å²) in [6.45, 7) is 10.4. The minimum atomic E-state index is -0.310. The van der Waals surface area contributed by atoms with Gasteiger partial charge in [-0.15, -0.1) is 6.58 Å². The minimum Gasteiger partial charge on any atom is -0.357 e. The van der Waals surface area contributed by atoms with E-state index >= 15 is 0 Å². The number of nitrogens with one attached hydrogen (secondary N) is 2. The molecular formula is C19H28ClFN4. The molecule has 2 rings (SSSR count). The van der Waals surface area contributed by atoms with Gasteiger partial charge in [0.05, 0.1) is 0 Å². The molecule has 138 valence electrons. The van der Waals surface area contributed by atoms with Crippen molar-refractivity contribution in [1.29, 1.82) is 0 Å². The quantitative estimate of drug-likeness (QED) is 0.442. The van der Waals surface area contributed by atoms with Crippen molar-refractivity contribution >= 4 is 17.6 Å². The first-order valence-electron chi connectivity index (χ1n) is 8.94. The largest absolute Gasteiger partial charge is 0.357 e. The molecule has 0 bridgehead atoms. The van der Waals surface area contributed by atoms with Gasteiger partial charge in [0.25, 0.3) is 0 Å². The van der Waals surface area contributed by atoms with Crippen LogP contribution >= 0.6 is 11.6 Å². The number of piperidine rings is 1. The molecule has 1 heterocycles. The molecule has 1 fully saturated rings. The van der Waals surface area contributed by atoms with Crippen LogP contribution in [-0.2, 0) is 6.42 Å². The molecule has 0 saturated carbocycles. The van der Waals surface area contributed by atoms with Crippen LogP contribution in [0.25, 0.3) is 0 Å². The Kier molecular flexibility index (Phi) is 8.22. The lowest BCUT2D eigenvalue weighted by Crippen LogP contribution is -2.48. The zero-order valence-corrected chi connectivity index (χ0v) is 15.7. The fourth-order valence-corrected chi connectivity index (χ4v) is 3.23. The van der Waals surface area contributed by atoms with E-state index in [1.54, 1.807) is 6.07 Å². The summed E-state index contributed by atoms with van der Waals surface area (Å²) in [7, 11) is 0. The maximum Gasteiger partial charge on any atom is 0.191 e. The van der Waals surface area contributed by atoms with Gasteiger partial charge in [0.15, 0.2) is 5.96 Å². The predicted octanol–water partition coefficient (Wildman–Crippen LogP) is 3.23. The van der Waals surface area contributed by atoms with Gasteiger partial charge >= 0.3 is 0 Å². The second-order valence-corrected chi connectivity index (χ2v) is 6.66. The van der Waals surface area contributed by atoms with E-state index in [4.69, 9.17) is 11.6 Å². The second-order valence-electron chi connectivity index (χ2n) is 6.25. The molecule has 1 aliphatic rings. The number of guanidine groups is 1. The number of halogens is 2. The van der Waals surface area contributed by atoms with Gasteiger partial charge in [0.2, 0.25) is 0 Å². The van der Waals surface area contributed by atoms with Crippen LogP contribution in [0.5, 0.6) is 0 Å². The fraction of sp³-hybridized carbons (Fsp3) is 0.526. The number of hydrogen-bond donors (Lipinski definition) is 2. The van der Waals surface area contributed by atoms with Gasteiger partial charge in [-0.25, -0.2) is 4.39 Å². The summed E-state index contributed by atoms with van der Waals surface area (Å²) in [4.78, 5) is 7.04. The van der Waals surface area contributed by atoms with Crippen molar-refractivity contribution in [2.24, 2.45) is 4.99 Å². The Morgan fingerprint density at radius 2 is 2.20 bits per heavy atom. The average Bonchev–Trinajstić information content (AvgIpc) is 2.59. The molecule has 0 aromatic heterocycles. The first kappa shape index (κ1) is 19.7. The van der Waals surface area contributed by atoms with Gasteiger partial charge in [0.1, 0.15) is 5.82 Å². The third-order valence-corrected chi connectivity index (χ3v) is 4.68. The van der Waals surface area contributed by atoms with Crippen molar-refractivity contribution in [3.8, 4) is 0 Å². The third kappa shape index (κ3) is 6.67. The molecule has 2 N–H and O–H groups in total. The lowest BCUT2D eigenvalue weighted by molar-refractivity contribution is 0.225. The summed E-state index contributed by atoms with van der Waals surface area (Å²) in [5.74, 6) is 0.526. The summed E-state index contributed by atoms with van der Waals surface area (Å²) < 4.78 is 13.1. The van der Waals surface area contributed by atoms with Crippen molar-refractivity contribution in [2.45, 2.75) is 32.2 Å². The highest BCUT2D eigenvalue weighted by Gasteiger charge is 2.18. The SMILES string of the molecule is C=CCN1CCC(NC(=NCCc2ccc(F)cc2Cl)NCC)CC1. The molecule has 0 radical (unpaired) electrons. The molecule has 25 heavy (non-hydrogen) atoms. The number of rotatable bonds is 7. The lowest BCUT2D eigenvalue weighted by Gasteiger charge is -2.32. The van der Waals surface area contributed by atoms with Crippen LogP contribution in [0.2, 0.25) is 5.02 Å². The van der Waals surface area contributed by atoms with Crippen LogP contribution < -0.4 is 10.6 Å². The van der Waals surface area contributed by atoms with Crippen molar-refractivity contribution in [2.75, 3.05) is 32.7 Å². The number of aliphatic imine (C=N–C) groups is 1. The molecule has 6 heteroatoms. The van der Waals surface area contributed by atoms with E-state index < -0.39 is 0 Å². The van der Waals surface area contributed by atoms with E-state index in [0.29, 0.717) is 24.0 Å². The van der Waals surface area contributed by atoms with Gasteiger partial charge in [-0.2, -0.15) is 0 Å². The van der Waals surface area contributed by atoms with Gasteiger partial charge < -0.3 is 10.6 Å². The van der Waals surface area contributed by atoms with E-state index in [9.17, 15) is 4.39 Å². The van der Waals surface area contributed by atoms with Gasteiger partial charge in [-0.05, 0) is 43.9 Å². The standard InChI is InChI=1S/C19H28ClFN4/c1-3-11-25-12-8-17(9-13-25)24-19(22-4-2)23-10-7-15-5-6-16(21)14-18(15)20/h3,5-6,14,17H,1,4,7-13H2,2H3,(H2,22,23,24). The Balaban J connectivity index is 1.85. The molecular weight excluding hydrogens is 339 g/mol. The summed E-state index contributed by atoms with van der Waals surface area (Å²) in [6, 6.07) is 4.95. The summed E-state index contributed by atoms with van der Waals surface area (Å²) >= 11 is 6.07. The molecule has 4 nitrogen and oxygen atoms in total. The van der Waals surface area contributed by atoms with Crippen LogP contribution in [0.15, 0.2) is 35.8 Å². The van der Waals surface area contributed by atoms with Crippen LogP contribution in [0.4, 0.5) is 4.39 Å². The van der Waals surface area contributed by atoms with E-state index in [0.717, 1.165) is 50.5 Å². The highest BCUT2D eigenvalue weighted by molar-refractivity contribution is 6.31. The van der Waals surface area contributed by atoms with E-state index in [2.05, 4.69) is 34.0 Å². The van der Waals surface area contributed by atoms with Gasteiger partial charge in [0, 0.05) is 43.8 Å². The highest BCUT2D eigenvalue weighted by atomic mass is 35.5. The van der Waals surface area contributed by atoms with Crippen LogP contribution in [0.1, 0.15) is 25.3 Å². The van der Waals surface area contributed by atoms with Gasteiger partial charge in [-0.3, -0.25) is 9.89 Å². The van der Waals surface area contributed by atoms with Crippen molar-refractivity contribution in [3.63, 3.8) is 0 Å². The number of hydrogen-bond acceptors (Lipinski definition) is 2. The number of likely N-dealkylation sites (tertiary alicyclic amines) is 1. The number of nitrogens with zero attached hydrogens (tertiary/aromatic N) is 2. The Labute approximate surface area is 155 Å². The third-order valence-electron chi connectivity index (χ3n) is 4.33. The Morgan fingerprint density at radius 1 is 1.44 bits per heavy atom. The lowest BCUT2D eigenvalue weighted by atomic mass is 10.1. The van der Waals surface area contributed by atoms with Crippen LogP contribution in [-0.4, -0.2) is 49.6 Å². The highest BCUT2D eigenvalue weighted by Crippen LogP contribution is 2.17. The van der Waals surface area contributed by atoms with E-state index in [-0.39, 0.29) is 5.82 Å². The number of benzene rings is 1. The van der Waals surface area contributed by atoms with Crippen LogP contribution in [0, 0.1) is 5.82 Å². The summed E-state index contributed by atoms with van der Waals surface area (Å²) in [5.41, 5.74) is 0.917. The Bertz CT molecular complexity index is 583. The van der Waals surface area contributed by atoms with Gasteiger partial charge in [-0.1, -0.05) is 23.7 Å². The molecule has 1 aliphatic heterocycles. The molecule has 0 atom stereocenters. The van der Waals surface area contributed by atoms with Crippen molar-refractivity contribution in [1.82, 2.24) is 15.5 Å². The molecule has 1 aromatic carbocycles. The molecule has 1 aromatic rings. The summed E-state index contributed by atoms with van der Waals surface area (Å²) in [6.07, 6.45) is 4.84. The van der Waals surface area contributed by atoms with Crippen LogP contribution in [0.3, 0.4) is 0 Å². The normalized spacial score (nSPS) is 16.7. The fourth-order valence-electron chi connectivity index (χ4n) is 2.97. The Morgan fingerprint density at radius 3 is 2.84 bits per heavy atom. The molecule has 0 amide bonds. The van der Waals surface area contributed by atoms with Crippen molar-refractivity contribution < 1.29 is 4.39 Å². The molecule has 0 aliphatic carbocycles.